The Morgan fingerprint density at radius 2 is 0.842 bits per heavy atom. The lowest BCUT2D eigenvalue weighted by atomic mass is 10.0. The number of ether oxygens (including phenoxy) is 1. The van der Waals surface area contributed by atoms with E-state index in [2.05, 4.69) is 91.0 Å². The number of hydrogen-bond donors (Lipinski definition) is 0. The van der Waals surface area contributed by atoms with Crippen LogP contribution in [0.1, 0.15) is 83.5 Å². The van der Waals surface area contributed by atoms with Gasteiger partial charge in [-0.2, -0.15) is 0 Å². The normalized spacial score (nSPS) is 11.1. The van der Waals surface area contributed by atoms with Crippen LogP contribution in [0.4, 0.5) is 0 Å². The van der Waals surface area contributed by atoms with E-state index in [9.17, 15) is 4.79 Å². The molecular weight excluding hydrogens is 598 g/mol. The first-order valence-electron chi connectivity index (χ1n) is 14.4. The maximum absolute atomic E-state index is 11.1. The van der Waals surface area contributed by atoms with E-state index in [0.29, 0.717) is 6.42 Å². The average Bonchev–Trinajstić information content (AvgIpc) is 2.96. The Balaban J connectivity index is 0.00000507. The van der Waals surface area contributed by atoms with Crippen molar-refractivity contribution in [3.05, 3.63) is 91.0 Å². The Kier molecular flexibility index (Phi) is 16.6. The van der Waals surface area contributed by atoms with Crippen LogP contribution < -0.4 is 39.9 Å². The molecule has 0 amide bonds. The van der Waals surface area contributed by atoms with Crippen molar-refractivity contribution in [2.75, 3.05) is 13.3 Å². The average molecular weight is 645 g/mol. The number of hydrogen-bond acceptors (Lipinski definition) is 2. The van der Waals surface area contributed by atoms with Gasteiger partial charge in [-0.15, -0.1) is 0 Å². The van der Waals surface area contributed by atoms with Crippen molar-refractivity contribution in [1.29, 1.82) is 0 Å². The highest BCUT2D eigenvalue weighted by Crippen LogP contribution is 2.56. The van der Waals surface area contributed by atoms with E-state index in [4.69, 9.17) is 4.74 Å². The lowest BCUT2D eigenvalue weighted by molar-refractivity contribution is -0.140. The number of carbonyl (C=O) groups is 1. The Morgan fingerprint density at radius 3 is 1.18 bits per heavy atom. The molecule has 3 aromatic rings. The third kappa shape index (κ3) is 10.5. The second-order valence-electron chi connectivity index (χ2n) is 10.1. The van der Waals surface area contributed by atoms with E-state index in [1.165, 1.54) is 93.4 Å². The van der Waals surface area contributed by atoms with Crippen molar-refractivity contribution < 1.29 is 33.5 Å². The van der Waals surface area contributed by atoms with Crippen LogP contribution in [0, 0.1) is 0 Å². The van der Waals surface area contributed by atoms with E-state index in [0.717, 1.165) is 12.8 Å². The molecule has 0 atom stereocenters. The highest BCUT2D eigenvalue weighted by atomic mass is 127. The van der Waals surface area contributed by atoms with Gasteiger partial charge in [0, 0.05) is 6.42 Å². The minimum Gasteiger partial charge on any atom is -1.00 e. The molecule has 0 fully saturated rings. The lowest BCUT2D eigenvalue weighted by Gasteiger charge is -2.27. The Bertz CT molecular complexity index is 898. The Labute approximate surface area is 249 Å². The summed E-state index contributed by atoms with van der Waals surface area (Å²) < 4.78 is 4.70. The Hall–Kier alpha value is -1.71. The zero-order valence-electron chi connectivity index (χ0n) is 23.2. The fourth-order valence-corrected chi connectivity index (χ4v) is 9.78. The van der Waals surface area contributed by atoms with E-state index in [-0.39, 0.29) is 29.9 Å². The fourth-order valence-electron chi connectivity index (χ4n) is 5.37. The first kappa shape index (κ1) is 32.5. The molecule has 4 heteroatoms. The standard InChI is InChI=1S/C34H46O2P.HI/c1-36-34(35)29-21-10-8-6-4-2-3-5-7-9-11-22-30-37(31-23-15-12-16-24-31,32-25-17-13-18-26-32)33-27-19-14-20-28-33;/h12-20,23-28H,2-11,21-22,29-30H2,1H3;1H/q+1;/p-1. The Morgan fingerprint density at radius 1 is 0.526 bits per heavy atom. The zero-order chi connectivity index (χ0) is 26.0. The summed E-state index contributed by atoms with van der Waals surface area (Å²) in [7, 11) is -0.199. The van der Waals surface area contributed by atoms with Crippen LogP contribution in [0.15, 0.2) is 91.0 Å². The van der Waals surface area contributed by atoms with Crippen molar-refractivity contribution in [3.8, 4) is 0 Å². The lowest BCUT2D eigenvalue weighted by Crippen LogP contribution is -3.00. The molecule has 38 heavy (non-hydrogen) atoms. The second kappa shape index (κ2) is 19.4. The van der Waals surface area contributed by atoms with Crippen LogP contribution >= 0.6 is 7.26 Å². The number of unbranched alkanes of at least 4 members (excludes halogenated alkanes) is 11. The second-order valence-corrected chi connectivity index (χ2v) is 13.7. The summed E-state index contributed by atoms with van der Waals surface area (Å²) in [6.07, 6.45) is 17.1. The number of rotatable bonds is 18. The number of carbonyl (C=O) groups excluding carboxylic acids is 1. The molecule has 0 N–H and O–H groups in total. The summed E-state index contributed by atoms with van der Waals surface area (Å²) in [6.45, 7) is 0. The molecule has 0 radical (unpaired) electrons. The van der Waals surface area contributed by atoms with E-state index >= 15 is 0 Å². The van der Waals surface area contributed by atoms with Gasteiger partial charge >= 0.3 is 5.97 Å². The minimum atomic E-state index is -1.67. The van der Waals surface area contributed by atoms with Gasteiger partial charge < -0.3 is 28.7 Å². The van der Waals surface area contributed by atoms with Gasteiger partial charge in [0.2, 0.25) is 0 Å². The SMILES string of the molecule is COC(=O)CCCCCCCCCCCCCC[P+](c1ccccc1)(c1ccccc1)c1ccccc1.[I-]. The van der Waals surface area contributed by atoms with Crippen molar-refractivity contribution in [1.82, 2.24) is 0 Å². The van der Waals surface area contributed by atoms with Gasteiger partial charge in [-0.05, 0) is 55.7 Å². The largest absolute Gasteiger partial charge is 1.00 e. The maximum Gasteiger partial charge on any atom is 0.305 e. The molecule has 0 aliphatic carbocycles. The summed E-state index contributed by atoms with van der Waals surface area (Å²) in [5.41, 5.74) is 0. The molecule has 0 heterocycles. The first-order valence-corrected chi connectivity index (χ1v) is 16.4. The van der Waals surface area contributed by atoms with Crippen LogP contribution in [0.25, 0.3) is 0 Å². The third-order valence-corrected chi connectivity index (χ3v) is 12.0. The van der Waals surface area contributed by atoms with Crippen molar-refractivity contribution >= 4 is 29.1 Å². The van der Waals surface area contributed by atoms with Crippen LogP contribution in [0.3, 0.4) is 0 Å². The molecule has 0 spiro atoms. The summed E-state index contributed by atoms with van der Waals surface area (Å²) in [6, 6.07) is 33.8. The van der Waals surface area contributed by atoms with Crippen LogP contribution in [0.5, 0.6) is 0 Å². The van der Waals surface area contributed by atoms with Crippen molar-refractivity contribution in [3.63, 3.8) is 0 Å². The topological polar surface area (TPSA) is 26.3 Å². The summed E-state index contributed by atoms with van der Waals surface area (Å²) >= 11 is 0. The molecule has 0 aromatic heterocycles. The molecule has 3 aromatic carbocycles. The number of benzene rings is 3. The third-order valence-electron chi connectivity index (χ3n) is 7.44. The summed E-state index contributed by atoms with van der Waals surface area (Å²) in [5.74, 6) is -0.0761. The van der Waals surface area contributed by atoms with E-state index in [1.54, 1.807) is 0 Å². The van der Waals surface area contributed by atoms with Crippen molar-refractivity contribution in [2.24, 2.45) is 0 Å². The van der Waals surface area contributed by atoms with Gasteiger partial charge in [0.25, 0.3) is 0 Å². The highest BCUT2D eigenvalue weighted by Gasteiger charge is 2.44. The highest BCUT2D eigenvalue weighted by molar-refractivity contribution is 7.95. The molecular formula is C34H46IO2P. The zero-order valence-corrected chi connectivity index (χ0v) is 26.3. The minimum absolute atomic E-state index is 0. The van der Waals surface area contributed by atoms with Gasteiger partial charge in [-0.3, -0.25) is 4.79 Å². The maximum atomic E-state index is 11.1. The predicted molar refractivity (Wildman–Crippen MR) is 162 cm³/mol. The fraction of sp³-hybridized carbons (Fsp3) is 0.441. The smallest absolute Gasteiger partial charge is 0.305 e. The molecule has 0 unspecified atom stereocenters. The van der Waals surface area contributed by atoms with Gasteiger partial charge in [-0.25, -0.2) is 0 Å². The molecule has 0 aliphatic rings. The van der Waals surface area contributed by atoms with Gasteiger partial charge in [0.1, 0.15) is 23.2 Å². The monoisotopic (exact) mass is 644 g/mol. The number of esters is 1. The quantitative estimate of drug-likeness (QED) is 0.0822. The van der Waals surface area contributed by atoms with Gasteiger partial charge in [0.15, 0.2) is 0 Å². The molecule has 3 rings (SSSR count). The molecule has 2 nitrogen and oxygen atoms in total. The molecule has 0 aliphatic heterocycles. The van der Waals surface area contributed by atoms with Gasteiger partial charge in [-0.1, -0.05) is 112 Å². The molecule has 0 saturated heterocycles. The van der Waals surface area contributed by atoms with Crippen molar-refractivity contribution in [2.45, 2.75) is 83.5 Å². The van der Waals surface area contributed by atoms with Crippen LogP contribution in [-0.4, -0.2) is 19.2 Å². The van der Waals surface area contributed by atoms with E-state index < -0.39 is 7.26 Å². The summed E-state index contributed by atoms with van der Waals surface area (Å²) in [5, 5.41) is 4.49. The van der Waals surface area contributed by atoms with Gasteiger partial charge in [0.05, 0.1) is 13.3 Å². The number of halogens is 1. The number of methoxy groups -OCH3 is 1. The molecule has 0 bridgehead atoms. The summed E-state index contributed by atoms with van der Waals surface area (Å²) in [4.78, 5) is 11.1. The van der Waals surface area contributed by atoms with Crippen LogP contribution in [0.2, 0.25) is 0 Å². The predicted octanol–water partition coefficient (Wildman–Crippen LogP) is 5.23. The van der Waals surface area contributed by atoms with Crippen LogP contribution in [-0.2, 0) is 9.53 Å². The van der Waals surface area contributed by atoms with E-state index in [1.807, 2.05) is 0 Å². The molecule has 206 valence electrons. The molecule has 0 saturated carbocycles. The first-order chi connectivity index (χ1) is 18.3.